The maximum atomic E-state index is 12.1. The smallest absolute Gasteiger partial charge is 0.242 e. The number of nitrogen functional groups attached to an aromatic ring is 1. The maximum Gasteiger partial charge on any atom is 0.242 e. The Morgan fingerprint density at radius 1 is 1.35 bits per heavy atom. The lowest BCUT2D eigenvalue weighted by molar-refractivity contribution is -0.129. The zero-order chi connectivity index (χ0) is 15.3. The van der Waals surface area contributed by atoms with Gasteiger partial charge in [-0.25, -0.2) is 13.1 Å². The van der Waals surface area contributed by atoms with Gasteiger partial charge < -0.3 is 10.6 Å². The van der Waals surface area contributed by atoms with Gasteiger partial charge in [-0.3, -0.25) is 4.79 Å². The first kappa shape index (κ1) is 16.7. The summed E-state index contributed by atoms with van der Waals surface area (Å²) in [5.74, 6) is -0.287. The molecule has 112 valence electrons. The number of anilines is 1. The number of amides is 1. The van der Waals surface area contributed by atoms with E-state index in [4.69, 9.17) is 17.3 Å². The van der Waals surface area contributed by atoms with Crippen LogP contribution in [0.1, 0.15) is 13.8 Å². The zero-order valence-electron chi connectivity index (χ0n) is 11.4. The fourth-order valence-corrected chi connectivity index (χ4v) is 3.18. The molecule has 1 amide bonds. The molecular formula is C12H18ClN3O3S. The number of nitrogens with zero attached hydrogens (tertiary/aromatic N) is 1. The number of halogens is 1. The molecule has 0 atom stereocenters. The van der Waals surface area contributed by atoms with E-state index < -0.39 is 10.0 Å². The Morgan fingerprint density at radius 3 is 2.45 bits per heavy atom. The number of nitrogens with one attached hydrogen (secondary N) is 1. The van der Waals surface area contributed by atoms with Crippen LogP contribution in [0.5, 0.6) is 0 Å². The van der Waals surface area contributed by atoms with Crippen LogP contribution >= 0.6 is 11.6 Å². The summed E-state index contributed by atoms with van der Waals surface area (Å²) in [7, 11) is -3.84. The van der Waals surface area contributed by atoms with E-state index in [9.17, 15) is 13.2 Å². The third-order valence-electron chi connectivity index (χ3n) is 2.78. The van der Waals surface area contributed by atoms with E-state index in [0.717, 1.165) is 0 Å². The minimum absolute atomic E-state index is 0.0211. The average Bonchev–Trinajstić information content (AvgIpc) is 2.37. The Hall–Kier alpha value is -1.31. The third kappa shape index (κ3) is 4.09. The third-order valence-corrected chi connectivity index (χ3v) is 4.66. The van der Waals surface area contributed by atoms with Gasteiger partial charge in [0.05, 0.1) is 11.6 Å². The molecule has 1 aromatic carbocycles. The van der Waals surface area contributed by atoms with Gasteiger partial charge in [0.15, 0.2) is 0 Å². The highest BCUT2D eigenvalue weighted by molar-refractivity contribution is 7.89. The number of carbonyl (C=O) groups is 1. The molecule has 0 saturated heterocycles. The van der Waals surface area contributed by atoms with Gasteiger partial charge in [0.2, 0.25) is 15.9 Å². The van der Waals surface area contributed by atoms with Gasteiger partial charge in [-0.2, -0.15) is 0 Å². The SMILES string of the molecule is CCN(CC)C(=O)CNS(=O)(=O)c1ccc(N)cc1Cl. The largest absolute Gasteiger partial charge is 0.399 e. The monoisotopic (exact) mass is 319 g/mol. The first-order valence-corrected chi connectivity index (χ1v) is 8.00. The highest BCUT2D eigenvalue weighted by atomic mass is 35.5. The van der Waals surface area contributed by atoms with E-state index >= 15 is 0 Å². The Morgan fingerprint density at radius 2 is 1.95 bits per heavy atom. The van der Waals surface area contributed by atoms with Gasteiger partial charge in [-0.1, -0.05) is 11.6 Å². The van der Waals surface area contributed by atoms with Crippen LogP contribution in [0, 0.1) is 0 Å². The lowest BCUT2D eigenvalue weighted by atomic mass is 10.3. The number of hydrogen-bond donors (Lipinski definition) is 2. The molecule has 0 fully saturated rings. The molecule has 8 heteroatoms. The van der Waals surface area contributed by atoms with Gasteiger partial charge in [0, 0.05) is 18.8 Å². The summed E-state index contributed by atoms with van der Waals surface area (Å²) in [5.41, 5.74) is 5.88. The van der Waals surface area contributed by atoms with E-state index in [-0.39, 0.29) is 22.4 Å². The summed E-state index contributed by atoms with van der Waals surface area (Å²) in [4.78, 5) is 13.2. The summed E-state index contributed by atoms with van der Waals surface area (Å²) in [6.45, 7) is 4.41. The summed E-state index contributed by atoms with van der Waals surface area (Å²) in [6, 6.07) is 4.09. The quantitative estimate of drug-likeness (QED) is 0.767. The number of hydrogen-bond acceptors (Lipinski definition) is 4. The highest BCUT2D eigenvalue weighted by Crippen LogP contribution is 2.23. The number of sulfonamides is 1. The van der Waals surface area contributed by atoms with Crippen LogP contribution in [-0.2, 0) is 14.8 Å². The molecule has 0 spiro atoms. The number of rotatable bonds is 6. The number of likely N-dealkylation sites (N-methyl/N-ethyl adjacent to an activating group) is 1. The normalized spacial score (nSPS) is 11.3. The Bertz CT molecular complexity index is 586. The second-order valence-electron chi connectivity index (χ2n) is 4.08. The molecule has 0 radical (unpaired) electrons. The van der Waals surface area contributed by atoms with Crippen molar-refractivity contribution in [3.63, 3.8) is 0 Å². The van der Waals surface area contributed by atoms with Crippen molar-refractivity contribution in [2.75, 3.05) is 25.4 Å². The van der Waals surface area contributed by atoms with Crippen LogP contribution in [0.25, 0.3) is 0 Å². The van der Waals surface area contributed by atoms with E-state index in [1.165, 1.54) is 23.1 Å². The lowest BCUT2D eigenvalue weighted by Gasteiger charge is -2.18. The highest BCUT2D eigenvalue weighted by Gasteiger charge is 2.20. The molecule has 0 saturated carbocycles. The second kappa shape index (κ2) is 6.92. The van der Waals surface area contributed by atoms with Crippen molar-refractivity contribution in [3.8, 4) is 0 Å². The Balaban J connectivity index is 2.83. The van der Waals surface area contributed by atoms with Crippen molar-refractivity contribution in [3.05, 3.63) is 23.2 Å². The molecule has 20 heavy (non-hydrogen) atoms. The zero-order valence-corrected chi connectivity index (χ0v) is 13.0. The van der Waals surface area contributed by atoms with E-state index in [0.29, 0.717) is 18.8 Å². The summed E-state index contributed by atoms with van der Waals surface area (Å²) in [5, 5.41) is 0.0211. The molecule has 0 aliphatic heterocycles. The molecule has 1 aromatic rings. The van der Waals surface area contributed by atoms with Crippen LogP contribution in [-0.4, -0.2) is 38.9 Å². The Kier molecular flexibility index (Phi) is 5.79. The standard InChI is InChI=1S/C12H18ClN3O3S/c1-3-16(4-2)12(17)8-15-20(18,19)11-6-5-9(14)7-10(11)13/h5-7,15H,3-4,8,14H2,1-2H3. The fourth-order valence-electron chi connectivity index (χ4n) is 1.66. The van der Waals surface area contributed by atoms with Crippen molar-refractivity contribution in [1.82, 2.24) is 9.62 Å². The minimum atomic E-state index is -3.84. The number of carbonyl (C=O) groups excluding carboxylic acids is 1. The summed E-state index contributed by atoms with van der Waals surface area (Å²) < 4.78 is 26.4. The molecular weight excluding hydrogens is 302 g/mol. The first-order valence-electron chi connectivity index (χ1n) is 6.14. The van der Waals surface area contributed by atoms with Crippen molar-refractivity contribution in [1.29, 1.82) is 0 Å². The maximum absolute atomic E-state index is 12.1. The molecule has 3 N–H and O–H groups in total. The molecule has 0 aliphatic carbocycles. The number of nitrogens with two attached hydrogens (primary N) is 1. The van der Waals surface area contributed by atoms with Gasteiger partial charge in [-0.05, 0) is 32.0 Å². The first-order chi connectivity index (χ1) is 9.31. The molecule has 6 nitrogen and oxygen atoms in total. The fraction of sp³-hybridized carbons (Fsp3) is 0.417. The van der Waals surface area contributed by atoms with E-state index in [2.05, 4.69) is 4.72 Å². The van der Waals surface area contributed by atoms with Crippen LogP contribution in [0.4, 0.5) is 5.69 Å². The number of benzene rings is 1. The Labute approximate surface area is 123 Å². The van der Waals surface area contributed by atoms with Gasteiger partial charge >= 0.3 is 0 Å². The van der Waals surface area contributed by atoms with Crippen molar-refractivity contribution in [2.45, 2.75) is 18.7 Å². The van der Waals surface area contributed by atoms with Crippen molar-refractivity contribution < 1.29 is 13.2 Å². The van der Waals surface area contributed by atoms with Crippen molar-refractivity contribution in [2.24, 2.45) is 0 Å². The van der Waals surface area contributed by atoms with Crippen LogP contribution in [0.3, 0.4) is 0 Å². The topological polar surface area (TPSA) is 92.5 Å². The van der Waals surface area contributed by atoms with Gasteiger partial charge in [0.25, 0.3) is 0 Å². The van der Waals surface area contributed by atoms with Crippen LogP contribution in [0.15, 0.2) is 23.1 Å². The molecule has 0 unspecified atom stereocenters. The second-order valence-corrected chi connectivity index (χ2v) is 6.22. The van der Waals surface area contributed by atoms with E-state index in [1.54, 1.807) is 0 Å². The van der Waals surface area contributed by atoms with Gasteiger partial charge in [-0.15, -0.1) is 0 Å². The van der Waals surface area contributed by atoms with Crippen LogP contribution < -0.4 is 10.5 Å². The van der Waals surface area contributed by atoms with Crippen LogP contribution in [0.2, 0.25) is 5.02 Å². The molecule has 0 aliphatic rings. The molecule has 0 bridgehead atoms. The molecule has 0 aromatic heterocycles. The summed E-state index contributed by atoms with van der Waals surface area (Å²) >= 11 is 5.85. The van der Waals surface area contributed by atoms with E-state index in [1.807, 2.05) is 13.8 Å². The average molecular weight is 320 g/mol. The van der Waals surface area contributed by atoms with Crippen molar-refractivity contribution >= 4 is 33.2 Å². The molecule has 0 heterocycles. The lowest BCUT2D eigenvalue weighted by Crippen LogP contribution is -2.40. The van der Waals surface area contributed by atoms with Gasteiger partial charge in [0.1, 0.15) is 4.90 Å². The minimum Gasteiger partial charge on any atom is -0.399 e. The summed E-state index contributed by atoms with van der Waals surface area (Å²) in [6.07, 6.45) is 0. The molecule has 1 rings (SSSR count). The predicted molar refractivity (Wildman–Crippen MR) is 79.0 cm³/mol. The predicted octanol–water partition coefficient (Wildman–Crippen LogP) is 1.07.